The molecule has 2 aliphatic carbocycles. The number of aromatic nitrogens is 1. The summed E-state index contributed by atoms with van der Waals surface area (Å²) in [7, 11) is 0. The Morgan fingerprint density at radius 3 is 2.53 bits per heavy atom. The van der Waals surface area contributed by atoms with E-state index < -0.39 is 0 Å². The van der Waals surface area contributed by atoms with Crippen molar-refractivity contribution in [2.45, 2.75) is 66.5 Å². The average molecular weight is 262 g/mol. The van der Waals surface area contributed by atoms with Crippen LogP contribution >= 0.6 is 0 Å². The summed E-state index contributed by atoms with van der Waals surface area (Å²) in [6.45, 7) is 12.1. The van der Waals surface area contributed by atoms with Crippen LogP contribution in [-0.2, 0) is 6.54 Å². The van der Waals surface area contributed by atoms with Crippen molar-refractivity contribution in [2.24, 2.45) is 16.7 Å². The predicted molar refractivity (Wildman–Crippen MR) is 75.8 cm³/mol. The molecule has 1 aromatic rings. The Morgan fingerprint density at radius 1 is 1.32 bits per heavy atom. The smallest absolute Gasteiger partial charge is 0.208 e. The van der Waals surface area contributed by atoms with Gasteiger partial charge in [0.2, 0.25) is 5.89 Å². The summed E-state index contributed by atoms with van der Waals surface area (Å²) < 4.78 is 5.67. The maximum Gasteiger partial charge on any atom is 0.208 e. The molecule has 2 fully saturated rings. The van der Waals surface area contributed by atoms with E-state index in [-0.39, 0.29) is 0 Å². The molecular formula is C16H26N2O. The van der Waals surface area contributed by atoms with Gasteiger partial charge in [0.25, 0.3) is 0 Å². The Kier molecular flexibility index (Phi) is 2.83. The van der Waals surface area contributed by atoms with Crippen molar-refractivity contribution in [3.8, 4) is 0 Å². The molecule has 2 bridgehead atoms. The second kappa shape index (κ2) is 4.08. The van der Waals surface area contributed by atoms with Gasteiger partial charge in [-0.25, -0.2) is 4.98 Å². The number of fused-ring (bicyclic) bond motifs is 2. The maximum absolute atomic E-state index is 5.67. The molecule has 0 radical (unpaired) electrons. The van der Waals surface area contributed by atoms with Gasteiger partial charge in [-0.3, -0.25) is 0 Å². The molecule has 3 rings (SSSR count). The van der Waals surface area contributed by atoms with Crippen LogP contribution in [0.4, 0.5) is 0 Å². The van der Waals surface area contributed by atoms with Gasteiger partial charge >= 0.3 is 0 Å². The average Bonchev–Trinajstić information content (AvgIpc) is 2.84. The van der Waals surface area contributed by atoms with E-state index in [0.717, 1.165) is 29.8 Å². The zero-order valence-corrected chi connectivity index (χ0v) is 12.8. The summed E-state index contributed by atoms with van der Waals surface area (Å²) in [6.07, 6.45) is 4.06. The van der Waals surface area contributed by atoms with E-state index in [1.54, 1.807) is 0 Å². The molecule has 3 unspecified atom stereocenters. The molecule has 1 heterocycles. The molecule has 3 atom stereocenters. The first kappa shape index (κ1) is 13.2. The molecule has 1 aromatic heterocycles. The Bertz CT molecular complexity index is 471. The van der Waals surface area contributed by atoms with Crippen molar-refractivity contribution in [1.29, 1.82) is 0 Å². The Morgan fingerprint density at radius 2 is 2.05 bits per heavy atom. The summed E-state index contributed by atoms with van der Waals surface area (Å²) in [4.78, 5) is 4.46. The number of nitrogens with zero attached hydrogens (tertiary/aromatic N) is 1. The summed E-state index contributed by atoms with van der Waals surface area (Å²) in [6, 6.07) is 0.605. The summed E-state index contributed by atoms with van der Waals surface area (Å²) in [5.74, 6) is 2.65. The lowest BCUT2D eigenvalue weighted by Crippen LogP contribution is -2.44. The number of oxazole rings is 1. The van der Waals surface area contributed by atoms with Crippen LogP contribution in [0.2, 0.25) is 0 Å². The first-order valence-electron chi connectivity index (χ1n) is 7.51. The van der Waals surface area contributed by atoms with Crippen LogP contribution in [0.3, 0.4) is 0 Å². The van der Waals surface area contributed by atoms with Crippen LogP contribution in [0.1, 0.15) is 57.4 Å². The fraction of sp³-hybridized carbons (Fsp3) is 0.812. The second-order valence-corrected chi connectivity index (χ2v) is 7.29. The molecule has 19 heavy (non-hydrogen) atoms. The van der Waals surface area contributed by atoms with Gasteiger partial charge in [0, 0.05) is 6.04 Å². The highest BCUT2D eigenvalue weighted by molar-refractivity contribution is 5.13. The first-order valence-corrected chi connectivity index (χ1v) is 7.51. The minimum atomic E-state index is 0.425. The van der Waals surface area contributed by atoms with Crippen molar-refractivity contribution in [3.63, 3.8) is 0 Å². The van der Waals surface area contributed by atoms with Gasteiger partial charge in [0.15, 0.2) is 0 Å². The molecule has 0 amide bonds. The summed E-state index contributed by atoms with van der Waals surface area (Å²) in [5.41, 5.74) is 1.90. The Labute approximate surface area is 116 Å². The van der Waals surface area contributed by atoms with E-state index >= 15 is 0 Å². The molecular weight excluding hydrogens is 236 g/mol. The normalized spacial score (nSPS) is 36.1. The molecule has 1 N–H and O–H groups in total. The van der Waals surface area contributed by atoms with Crippen LogP contribution in [0.5, 0.6) is 0 Å². The van der Waals surface area contributed by atoms with Gasteiger partial charge in [-0.1, -0.05) is 20.8 Å². The lowest BCUT2D eigenvalue weighted by atomic mass is 9.69. The minimum absolute atomic E-state index is 0.425. The minimum Gasteiger partial charge on any atom is -0.444 e. The first-order chi connectivity index (χ1) is 8.84. The van der Waals surface area contributed by atoms with E-state index in [4.69, 9.17) is 4.42 Å². The second-order valence-electron chi connectivity index (χ2n) is 7.29. The van der Waals surface area contributed by atoms with Gasteiger partial charge in [-0.05, 0) is 49.9 Å². The molecule has 106 valence electrons. The molecule has 0 aliphatic heterocycles. The molecule has 3 nitrogen and oxygen atoms in total. The predicted octanol–water partition coefficient (Wildman–Crippen LogP) is 3.60. The largest absolute Gasteiger partial charge is 0.444 e. The van der Waals surface area contributed by atoms with Crippen molar-refractivity contribution < 1.29 is 4.42 Å². The monoisotopic (exact) mass is 262 g/mol. The number of aryl methyl sites for hydroxylation is 2. The number of nitrogens with one attached hydrogen (secondary N) is 1. The topological polar surface area (TPSA) is 38.1 Å². The van der Waals surface area contributed by atoms with Crippen LogP contribution < -0.4 is 5.32 Å². The van der Waals surface area contributed by atoms with Crippen molar-refractivity contribution >= 4 is 0 Å². The quantitative estimate of drug-likeness (QED) is 0.904. The van der Waals surface area contributed by atoms with Crippen molar-refractivity contribution in [2.75, 3.05) is 0 Å². The van der Waals surface area contributed by atoms with Gasteiger partial charge in [0.1, 0.15) is 5.76 Å². The number of rotatable bonds is 3. The van der Waals surface area contributed by atoms with Gasteiger partial charge in [-0.15, -0.1) is 0 Å². The highest BCUT2D eigenvalue weighted by Gasteiger charge is 2.60. The van der Waals surface area contributed by atoms with Gasteiger partial charge < -0.3 is 9.73 Å². The van der Waals surface area contributed by atoms with Crippen molar-refractivity contribution in [1.82, 2.24) is 10.3 Å². The molecule has 0 aromatic carbocycles. The third kappa shape index (κ3) is 1.78. The molecule has 0 saturated heterocycles. The Hall–Kier alpha value is -0.830. The van der Waals surface area contributed by atoms with Crippen LogP contribution in [-0.4, -0.2) is 11.0 Å². The molecule has 2 aliphatic rings. The lowest BCUT2D eigenvalue weighted by Gasteiger charge is -2.39. The fourth-order valence-electron chi connectivity index (χ4n) is 4.34. The zero-order valence-electron chi connectivity index (χ0n) is 12.8. The standard InChI is InChI=1S/C16H26N2O/c1-10-11(2)19-14(18-10)9-17-13-8-12-6-7-16(13,5)15(12,3)4/h12-13,17H,6-9H2,1-5H3. The lowest BCUT2D eigenvalue weighted by molar-refractivity contribution is 0.119. The molecule has 0 spiro atoms. The Balaban J connectivity index is 1.69. The van der Waals surface area contributed by atoms with Gasteiger partial charge in [-0.2, -0.15) is 0 Å². The fourth-order valence-corrected chi connectivity index (χ4v) is 4.34. The van der Waals surface area contributed by atoms with Crippen LogP contribution in [0.25, 0.3) is 0 Å². The third-order valence-corrected chi connectivity index (χ3v) is 6.37. The van der Waals surface area contributed by atoms with Crippen molar-refractivity contribution in [3.05, 3.63) is 17.3 Å². The number of hydrogen-bond acceptors (Lipinski definition) is 3. The third-order valence-electron chi connectivity index (χ3n) is 6.37. The zero-order chi connectivity index (χ0) is 13.8. The summed E-state index contributed by atoms with van der Waals surface area (Å²) in [5, 5.41) is 3.71. The molecule has 3 heteroatoms. The SMILES string of the molecule is Cc1nc(CNC2CC3CCC2(C)C3(C)C)oc1C. The summed E-state index contributed by atoms with van der Waals surface area (Å²) >= 11 is 0. The van der Waals surface area contributed by atoms with E-state index in [0.29, 0.717) is 16.9 Å². The van der Waals surface area contributed by atoms with Gasteiger partial charge in [0.05, 0.1) is 12.2 Å². The van der Waals surface area contributed by atoms with Crippen LogP contribution in [0, 0.1) is 30.6 Å². The van der Waals surface area contributed by atoms with E-state index in [1.165, 1.54) is 19.3 Å². The van der Waals surface area contributed by atoms with E-state index in [1.807, 2.05) is 13.8 Å². The highest BCUT2D eigenvalue weighted by atomic mass is 16.4. The van der Waals surface area contributed by atoms with E-state index in [9.17, 15) is 0 Å². The molecule has 2 saturated carbocycles. The van der Waals surface area contributed by atoms with Crippen LogP contribution in [0.15, 0.2) is 4.42 Å². The van der Waals surface area contributed by atoms with E-state index in [2.05, 4.69) is 31.1 Å². The number of hydrogen-bond donors (Lipinski definition) is 1. The maximum atomic E-state index is 5.67. The highest BCUT2D eigenvalue weighted by Crippen LogP contribution is 2.65.